The zero-order valence-corrected chi connectivity index (χ0v) is 45.1. The minimum atomic E-state index is -0.688. The molecule has 6 heteroatoms. The molecule has 6 nitrogen and oxygen atoms in total. The van der Waals surface area contributed by atoms with Crippen molar-refractivity contribution < 1.29 is 24.5 Å². The van der Waals surface area contributed by atoms with Crippen LogP contribution >= 0.6 is 0 Å². The van der Waals surface area contributed by atoms with Gasteiger partial charge in [-0.2, -0.15) is 0 Å². The fraction of sp³-hybridized carbons (Fsp3) is 0.902. The van der Waals surface area contributed by atoms with Gasteiger partial charge in [-0.15, -0.1) is 0 Å². The minimum absolute atomic E-state index is 0.0432. The van der Waals surface area contributed by atoms with E-state index < -0.39 is 12.1 Å². The Morgan fingerprint density at radius 1 is 0.403 bits per heavy atom. The smallest absolute Gasteiger partial charge is 0.305 e. The van der Waals surface area contributed by atoms with Crippen LogP contribution in [-0.4, -0.2) is 47.4 Å². The van der Waals surface area contributed by atoms with Gasteiger partial charge in [0.1, 0.15) is 0 Å². The monoisotopic (exact) mass is 944 g/mol. The maximum atomic E-state index is 12.5. The minimum Gasteiger partial charge on any atom is -0.466 e. The van der Waals surface area contributed by atoms with E-state index in [1.807, 2.05) is 0 Å². The van der Waals surface area contributed by atoms with E-state index in [4.69, 9.17) is 4.74 Å². The summed E-state index contributed by atoms with van der Waals surface area (Å²) in [6.07, 6.45) is 69.0. The predicted molar refractivity (Wildman–Crippen MR) is 292 cm³/mol. The number of carbonyl (C=O) groups excluding carboxylic acids is 2. The Labute approximate surface area is 418 Å². The van der Waals surface area contributed by atoms with Crippen molar-refractivity contribution in [2.24, 2.45) is 0 Å². The van der Waals surface area contributed by atoms with Gasteiger partial charge in [-0.1, -0.05) is 263 Å². The largest absolute Gasteiger partial charge is 0.466 e. The predicted octanol–water partition coefficient (Wildman–Crippen LogP) is 18.6. The molecule has 2 atom stereocenters. The van der Waals surface area contributed by atoms with Gasteiger partial charge in [0.15, 0.2) is 0 Å². The molecule has 0 aliphatic rings. The molecule has 0 aliphatic carbocycles. The fourth-order valence-corrected chi connectivity index (χ4v) is 9.34. The molecule has 0 aliphatic heterocycles. The number of aliphatic hydroxyl groups is 2. The molecule has 0 saturated carbocycles. The van der Waals surface area contributed by atoms with Gasteiger partial charge < -0.3 is 20.3 Å². The highest BCUT2D eigenvalue weighted by atomic mass is 16.5. The van der Waals surface area contributed by atoms with Crippen molar-refractivity contribution in [3.05, 3.63) is 24.3 Å². The summed E-state index contributed by atoms with van der Waals surface area (Å²) in [5.74, 6) is -0.111. The Balaban J connectivity index is 3.49. The average molecular weight is 945 g/mol. The van der Waals surface area contributed by atoms with Crippen molar-refractivity contribution in [2.75, 3.05) is 13.2 Å². The van der Waals surface area contributed by atoms with Gasteiger partial charge in [0, 0.05) is 12.8 Å². The van der Waals surface area contributed by atoms with Gasteiger partial charge in [-0.25, -0.2) is 0 Å². The molecule has 0 aromatic heterocycles. The van der Waals surface area contributed by atoms with Crippen LogP contribution in [0.3, 0.4) is 0 Å². The zero-order chi connectivity index (χ0) is 48.6. The second-order valence-electron chi connectivity index (χ2n) is 20.7. The van der Waals surface area contributed by atoms with Gasteiger partial charge in [0.25, 0.3) is 0 Å². The SMILES string of the molecule is CCCCCCCC/C=C\CCCCCCCC(=O)OCCCC/C=C\CCCCCCC(=O)NC(CO)C(O)CCCCCCCCCCCCCCCCCCCCCCCCCCC. The maximum Gasteiger partial charge on any atom is 0.305 e. The number of nitrogens with one attached hydrogen (secondary N) is 1. The van der Waals surface area contributed by atoms with Crippen molar-refractivity contribution in [1.82, 2.24) is 5.32 Å². The molecule has 1 amide bonds. The first-order valence-electron chi connectivity index (χ1n) is 30.1. The second-order valence-corrected chi connectivity index (χ2v) is 20.7. The third kappa shape index (κ3) is 53.5. The Hall–Kier alpha value is -1.66. The third-order valence-corrected chi connectivity index (χ3v) is 14.0. The van der Waals surface area contributed by atoms with Crippen LogP contribution in [0.4, 0.5) is 0 Å². The summed E-state index contributed by atoms with van der Waals surface area (Å²) in [5.41, 5.74) is 0. The van der Waals surface area contributed by atoms with Crippen molar-refractivity contribution in [3.8, 4) is 0 Å². The van der Waals surface area contributed by atoms with Crippen molar-refractivity contribution in [2.45, 2.75) is 341 Å². The highest BCUT2D eigenvalue weighted by Crippen LogP contribution is 2.18. The van der Waals surface area contributed by atoms with E-state index in [1.165, 1.54) is 218 Å². The van der Waals surface area contributed by atoms with E-state index in [0.29, 0.717) is 25.9 Å². The van der Waals surface area contributed by atoms with E-state index in [1.54, 1.807) is 0 Å². The van der Waals surface area contributed by atoms with Crippen LogP contribution in [0.5, 0.6) is 0 Å². The molecule has 0 rings (SSSR count). The summed E-state index contributed by atoms with van der Waals surface area (Å²) in [5, 5.41) is 23.3. The Kier molecular flexibility index (Phi) is 55.5. The van der Waals surface area contributed by atoms with Crippen LogP contribution in [0.15, 0.2) is 24.3 Å². The fourth-order valence-electron chi connectivity index (χ4n) is 9.34. The number of rotatable bonds is 56. The van der Waals surface area contributed by atoms with Gasteiger partial charge in [-0.05, 0) is 77.0 Å². The number of aliphatic hydroxyl groups excluding tert-OH is 2. The summed E-state index contributed by atoms with van der Waals surface area (Å²) in [7, 11) is 0. The van der Waals surface area contributed by atoms with Crippen LogP contribution in [-0.2, 0) is 14.3 Å². The summed E-state index contributed by atoms with van der Waals surface area (Å²) in [6.45, 7) is 4.88. The Morgan fingerprint density at radius 3 is 1.06 bits per heavy atom. The molecule has 0 heterocycles. The van der Waals surface area contributed by atoms with E-state index in [-0.39, 0.29) is 18.5 Å². The van der Waals surface area contributed by atoms with Crippen molar-refractivity contribution in [1.29, 1.82) is 0 Å². The number of ether oxygens (including phenoxy) is 1. The van der Waals surface area contributed by atoms with Crippen LogP contribution in [0.1, 0.15) is 328 Å². The lowest BCUT2D eigenvalue weighted by Gasteiger charge is -2.22. The number of esters is 1. The van der Waals surface area contributed by atoms with Crippen molar-refractivity contribution in [3.63, 3.8) is 0 Å². The van der Waals surface area contributed by atoms with Gasteiger partial charge in [0.2, 0.25) is 5.91 Å². The normalized spacial score (nSPS) is 12.7. The lowest BCUT2D eigenvalue weighted by atomic mass is 10.0. The first-order chi connectivity index (χ1) is 33.0. The molecule has 0 aromatic carbocycles. The average Bonchev–Trinajstić information content (AvgIpc) is 3.33. The first kappa shape index (κ1) is 65.3. The molecule has 0 radical (unpaired) electrons. The molecule has 0 fully saturated rings. The summed E-state index contributed by atoms with van der Waals surface area (Å²) in [6, 6.07) is -0.568. The van der Waals surface area contributed by atoms with E-state index >= 15 is 0 Å². The zero-order valence-electron chi connectivity index (χ0n) is 45.1. The number of amides is 1. The van der Waals surface area contributed by atoms with E-state index in [0.717, 1.165) is 77.0 Å². The number of hydrogen-bond donors (Lipinski definition) is 3. The lowest BCUT2D eigenvalue weighted by molar-refractivity contribution is -0.143. The third-order valence-electron chi connectivity index (χ3n) is 14.0. The first-order valence-corrected chi connectivity index (χ1v) is 30.1. The topological polar surface area (TPSA) is 95.9 Å². The Bertz CT molecular complexity index is 1040. The molecule has 67 heavy (non-hydrogen) atoms. The lowest BCUT2D eigenvalue weighted by Crippen LogP contribution is -2.45. The molecule has 0 aromatic rings. The molecule has 0 spiro atoms. The van der Waals surface area contributed by atoms with Crippen LogP contribution < -0.4 is 5.32 Å². The van der Waals surface area contributed by atoms with Crippen molar-refractivity contribution >= 4 is 11.9 Å². The number of hydrogen-bond acceptors (Lipinski definition) is 5. The highest BCUT2D eigenvalue weighted by molar-refractivity contribution is 5.76. The second kappa shape index (κ2) is 56.9. The molecule has 2 unspecified atom stereocenters. The van der Waals surface area contributed by atoms with Crippen LogP contribution in [0, 0.1) is 0 Å². The van der Waals surface area contributed by atoms with Crippen LogP contribution in [0.25, 0.3) is 0 Å². The molecular weight excluding hydrogens is 827 g/mol. The summed E-state index contributed by atoms with van der Waals surface area (Å²) in [4.78, 5) is 24.5. The summed E-state index contributed by atoms with van der Waals surface area (Å²) >= 11 is 0. The van der Waals surface area contributed by atoms with E-state index in [9.17, 15) is 19.8 Å². The number of unbranched alkanes of at least 4 members (excludes halogenated alkanes) is 41. The van der Waals surface area contributed by atoms with Gasteiger partial charge in [-0.3, -0.25) is 9.59 Å². The molecule has 0 saturated heterocycles. The maximum absolute atomic E-state index is 12.5. The number of carbonyl (C=O) groups is 2. The van der Waals surface area contributed by atoms with Gasteiger partial charge >= 0.3 is 5.97 Å². The quantitative estimate of drug-likeness (QED) is 0.0321. The molecule has 3 N–H and O–H groups in total. The van der Waals surface area contributed by atoms with Crippen LogP contribution in [0.2, 0.25) is 0 Å². The molecular formula is C61H117NO5. The molecule has 0 bridgehead atoms. The van der Waals surface area contributed by atoms with E-state index in [2.05, 4.69) is 43.5 Å². The standard InChI is InChI=1S/C61H117NO5/c1-3-5-7-9-11-13-15-17-19-20-21-22-23-24-25-26-27-28-30-31-33-37-41-45-49-53-59(64)58(57-63)62-60(65)54-50-46-42-38-35-36-40-44-48-52-56-67-61(66)55-51-47-43-39-34-32-29-18-16-14-12-10-8-6-4-2/h18,29,36,40,58-59,63-64H,3-17,19-28,30-35,37-39,41-57H2,1-2H3,(H,62,65)/b29-18-,40-36-. The number of allylic oxidation sites excluding steroid dienone is 4. The van der Waals surface area contributed by atoms with Gasteiger partial charge in [0.05, 0.1) is 25.4 Å². The Morgan fingerprint density at radius 2 is 0.701 bits per heavy atom. The molecule has 396 valence electrons. The highest BCUT2D eigenvalue weighted by Gasteiger charge is 2.20. The summed E-state index contributed by atoms with van der Waals surface area (Å²) < 4.78 is 5.44.